The lowest BCUT2D eigenvalue weighted by atomic mass is 9.67. The van der Waals surface area contributed by atoms with Crippen LogP contribution in [0.3, 0.4) is 0 Å². The first kappa shape index (κ1) is 18.3. The smallest absolute Gasteiger partial charge is 0.262 e. The summed E-state index contributed by atoms with van der Waals surface area (Å²) in [4.78, 5) is 16.6. The van der Waals surface area contributed by atoms with Crippen molar-refractivity contribution in [2.45, 2.75) is 52.5 Å². The van der Waals surface area contributed by atoms with Crippen molar-refractivity contribution in [3.63, 3.8) is 0 Å². The molecule has 0 spiro atoms. The molecule has 3 aliphatic heterocycles. The number of fused-ring (bicyclic) bond motifs is 3. The summed E-state index contributed by atoms with van der Waals surface area (Å²) in [7, 11) is 2.18. The van der Waals surface area contributed by atoms with Crippen LogP contribution in [-0.2, 0) is 4.79 Å². The van der Waals surface area contributed by atoms with E-state index >= 15 is 0 Å². The molecule has 3 aliphatic rings. The number of anilines is 1. The maximum atomic E-state index is 12.2. The first-order valence-corrected chi connectivity index (χ1v) is 9.86. The standard InChI is InChI=1S/C21H30N4O2/c1-12(2)15-8-18-17(7-16(15)13(3)21(5)10-24(6)11-21)25-14(4)20(26)23-22-19(25)9-27-18/h7-8,12-14H,9-11H2,1-6H3,(H,23,26)/t13-,14?/m1/s1. The summed E-state index contributed by atoms with van der Waals surface area (Å²) in [6.07, 6.45) is 0. The minimum atomic E-state index is -0.293. The van der Waals surface area contributed by atoms with Gasteiger partial charge in [-0.05, 0) is 54.5 Å². The van der Waals surface area contributed by atoms with E-state index in [0.717, 1.165) is 30.4 Å². The fourth-order valence-electron chi connectivity index (χ4n) is 4.81. The summed E-state index contributed by atoms with van der Waals surface area (Å²) in [5, 5.41) is 4.21. The molecule has 0 bridgehead atoms. The second kappa shape index (κ2) is 6.23. The maximum Gasteiger partial charge on any atom is 0.262 e. The zero-order valence-corrected chi connectivity index (χ0v) is 17.2. The van der Waals surface area contributed by atoms with Gasteiger partial charge in [-0.3, -0.25) is 4.79 Å². The van der Waals surface area contributed by atoms with E-state index in [2.05, 4.69) is 62.3 Å². The topological polar surface area (TPSA) is 57.2 Å². The Hall–Kier alpha value is -2.08. The Balaban J connectivity index is 1.82. The predicted octanol–water partition coefficient (Wildman–Crippen LogP) is 2.90. The van der Waals surface area contributed by atoms with Gasteiger partial charge in [0, 0.05) is 13.1 Å². The van der Waals surface area contributed by atoms with Crippen molar-refractivity contribution in [1.82, 2.24) is 10.3 Å². The van der Waals surface area contributed by atoms with E-state index < -0.39 is 0 Å². The molecular weight excluding hydrogens is 340 g/mol. The zero-order valence-electron chi connectivity index (χ0n) is 17.2. The van der Waals surface area contributed by atoms with E-state index in [1.165, 1.54) is 11.1 Å². The van der Waals surface area contributed by atoms with Crippen LogP contribution in [-0.4, -0.2) is 49.4 Å². The van der Waals surface area contributed by atoms with E-state index in [1.54, 1.807) is 0 Å². The lowest BCUT2D eigenvalue weighted by Crippen LogP contribution is -2.56. The molecule has 0 saturated carbocycles. The average Bonchev–Trinajstić information content (AvgIpc) is 2.61. The van der Waals surface area contributed by atoms with Gasteiger partial charge in [0.1, 0.15) is 18.4 Å². The van der Waals surface area contributed by atoms with E-state index in [0.29, 0.717) is 18.4 Å². The fourth-order valence-corrected chi connectivity index (χ4v) is 4.81. The number of rotatable bonds is 3. The molecule has 1 aromatic rings. The molecule has 0 radical (unpaired) electrons. The van der Waals surface area contributed by atoms with Crippen LogP contribution in [0.15, 0.2) is 17.2 Å². The summed E-state index contributed by atoms with van der Waals surface area (Å²) in [6, 6.07) is 4.15. The normalized spacial score (nSPS) is 25.0. The zero-order chi connectivity index (χ0) is 19.5. The Bertz CT molecular complexity index is 811. The molecule has 27 heavy (non-hydrogen) atoms. The number of ether oxygens (including phenoxy) is 1. The van der Waals surface area contributed by atoms with Crippen LogP contribution in [0, 0.1) is 5.41 Å². The summed E-state index contributed by atoms with van der Waals surface area (Å²) >= 11 is 0. The van der Waals surface area contributed by atoms with Gasteiger partial charge in [-0.2, -0.15) is 5.10 Å². The Morgan fingerprint density at radius 3 is 2.59 bits per heavy atom. The second-order valence-corrected chi connectivity index (χ2v) is 8.99. The Morgan fingerprint density at radius 2 is 1.96 bits per heavy atom. The van der Waals surface area contributed by atoms with E-state index in [1.807, 2.05) is 11.8 Å². The molecule has 3 heterocycles. The van der Waals surface area contributed by atoms with Crippen LogP contribution >= 0.6 is 0 Å². The number of nitrogens with one attached hydrogen (secondary N) is 1. The number of amidine groups is 1. The molecule has 4 rings (SSSR count). The largest absolute Gasteiger partial charge is 0.483 e. The van der Waals surface area contributed by atoms with Gasteiger partial charge in [-0.15, -0.1) is 0 Å². The molecule has 1 unspecified atom stereocenters. The predicted molar refractivity (Wildman–Crippen MR) is 108 cm³/mol. The van der Waals surface area contributed by atoms with Crippen molar-refractivity contribution in [2.24, 2.45) is 10.5 Å². The van der Waals surface area contributed by atoms with Crippen molar-refractivity contribution >= 4 is 17.4 Å². The molecule has 1 N–H and O–H groups in total. The number of hydrogen-bond donors (Lipinski definition) is 1. The maximum absolute atomic E-state index is 12.2. The van der Waals surface area contributed by atoms with E-state index in [9.17, 15) is 4.79 Å². The number of likely N-dealkylation sites (tertiary alicyclic amines) is 1. The summed E-state index contributed by atoms with van der Waals surface area (Å²) < 4.78 is 6.01. The molecular formula is C21H30N4O2. The monoisotopic (exact) mass is 370 g/mol. The van der Waals surface area contributed by atoms with Crippen molar-refractivity contribution in [3.05, 3.63) is 23.3 Å². The van der Waals surface area contributed by atoms with E-state index in [-0.39, 0.29) is 17.4 Å². The Morgan fingerprint density at radius 1 is 1.26 bits per heavy atom. The van der Waals surface area contributed by atoms with Crippen LogP contribution < -0.4 is 15.1 Å². The molecule has 2 atom stereocenters. The number of benzene rings is 1. The highest BCUT2D eigenvalue weighted by Crippen LogP contribution is 2.48. The fraction of sp³-hybridized carbons (Fsp3) is 0.619. The van der Waals surface area contributed by atoms with Gasteiger partial charge < -0.3 is 14.5 Å². The highest BCUT2D eigenvalue weighted by molar-refractivity contribution is 6.09. The summed E-state index contributed by atoms with van der Waals surface area (Å²) in [5.41, 5.74) is 6.53. The minimum Gasteiger partial charge on any atom is -0.483 e. The van der Waals surface area contributed by atoms with Gasteiger partial charge in [0.05, 0.1) is 5.69 Å². The molecule has 6 nitrogen and oxygen atoms in total. The first-order chi connectivity index (χ1) is 12.7. The molecule has 1 amide bonds. The number of carbonyl (C=O) groups excluding carboxylic acids is 1. The second-order valence-electron chi connectivity index (χ2n) is 8.99. The van der Waals surface area contributed by atoms with Crippen LogP contribution in [0.5, 0.6) is 5.75 Å². The average molecular weight is 370 g/mol. The SMILES string of the molecule is CC(C)c1cc2c(cc1[C@@H](C)C1(C)CN(C)C1)N1C(=NNC(=O)C1C)CO2. The van der Waals surface area contributed by atoms with Crippen molar-refractivity contribution in [1.29, 1.82) is 0 Å². The Labute approximate surface area is 161 Å². The molecule has 1 aromatic carbocycles. The van der Waals surface area contributed by atoms with Gasteiger partial charge in [-0.1, -0.05) is 27.7 Å². The van der Waals surface area contributed by atoms with Crippen LogP contribution in [0.2, 0.25) is 0 Å². The van der Waals surface area contributed by atoms with Gasteiger partial charge in [0.25, 0.3) is 5.91 Å². The molecule has 146 valence electrons. The van der Waals surface area contributed by atoms with Crippen LogP contribution in [0.4, 0.5) is 5.69 Å². The lowest BCUT2D eigenvalue weighted by Gasteiger charge is -2.51. The number of hydrogen-bond acceptors (Lipinski definition) is 5. The summed E-state index contributed by atoms with van der Waals surface area (Å²) in [6.45, 7) is 13.7. The molecule has 1 fully saturated rings. The quantitative estimate of drug-likeness (QED) is 0.889. The number of nitrogens with zero attached hydrogens (tertiary/aromatic N) is 3. The van der Waals surface area contributed by atoms with Gasteiger partial charge >= 0.3 is 0 Å². The third-order valence-corrected chi connectivity index (χ3v) is 6.52. The van der Waals surface area contributed by atoms with E-state index in [4.69, 9.17) is 4.74 Å². The molecule has 1 saturated heterocycles. The number of hydrazone groups is 1. The molecule has 0 aromatic heterocycles. The lowest BCUT2D eigenvalue weighted by molar-refractivity contribution is -0.122. The highest BCUT2D eigenvalue weighted by atomic mass is 16.5. The minimum absolute atomic E-state index is 0.0817. The third-order valence-electron chi connectivity index (χ3n) is 6.52. The van der Waals surface area contributed by atoms with Crippen molar-refractivity contribution in [3.8, 4) is 5.75 Å². The van der Waals surface area contributed by atoms with Crippen molar-refractivity contribution in [2.75, 3.05) is 31.6 Å². The van der Waals surface area contributed by atoms with Crippen molar-refractivity contribution < 1.29 is 9.53 Å². The van der Waals surface area contributed by atoms with Gasteiger partial charge in [-0.25, -0.2) is 5.43 Å². The van der Waals surface area contributed by atoms with Crippen LogP contribution in [0.1, 0.15) is 57.6 Å². The summed E-state index contributed by atoms with van der Waals surface area (Å²) in [5.74, 6) is 2.37. The molecule has 6 heteroatoms. The highest BCUT2D eigenvalue weighted by Gasteiger charge is 2.43. The van der Waals surface area contributed by atoms with Gasteiger partial charge in [0.2, 0.25) is 0 Å². The third kappa shape index (κ3) is 2.81. The molecule has 0 aliphatic carbocycles. The van der Waals surface area contributed by atoms with Crippen LogP contribution in [0.25, 0.3) is 0 Å². The first-order valence-electron chi connectivity index (χ1n) is 9.86. The Kier molecular flexibility index (Phi) is 4.22. The van der Waals surface area contributed by atoms with Gasteiger partial charge in [0.15, 0.2) is 5.84 Å². The number of carbonyl (C=O) groups is 1. The number of amides is 1.